The van der Waals surface area contributed by atoms with Gasteiger partial charge in [0.15, 0.2) is 0 Å². The number of benzene rings is 2. The van der Waals surface area contributed by atoms with E-state index in [4.69, 9.17) is 4.74 Å². The molecule has 3 aromatic rings. The van der Waals surface area contributed by atoms with Crippen molar-refractivity contribution < 1.29 is 14.3 Å². The molecule has 5 heteroatoms. The number of ether oxygens (including phenoxy) is 1. The average molecular weight is 405 g/mol. The Labute approximate surface area is 177 Å². The van der Waals surface area contributed by atoms with Gasteiger partial charge in [0.05, 0.1) is 7.11 Å². The van der Waals surface area contributed by atoms with Crippen LogP contribution in [0.3, 0.4) is 0 Å². The number of rotatable bonds is 4. The van der Waals surface area contributed by atoms with Crippen molar-refractivity contribution in [2.45, 2.75) is 45.7 Å². The molecule has 2 heterocycles. The van der Waals surface area contributed by atoms with Gasteiger partial charge in [-0.25, -0.2) is 4.79 Å². The summed E-state index contributed by atoms with van der Waals surface area (Å²) >= 11 is 0. The van der Waals surface area contributed by atoms with E-state index in [9.17, 15) is 9.59 Å². The molecule has 0 radical (unpaired) electrons. The predicted octanol–water partition coefficient (Wildman–Crippen LogP) is 4.47. The van der Waals surface area contributed by atoms with Gasteiger partial charge in [0.1, 0.15) is 6.04 Å². The van der Waals surface area contributed by atoms with E-state index >= 15 is 0 Å². The van der Waals surface area contributed by atoms with Gasteiger partial charge in [-0.2, -0.15) is 0 Å². The summed E-state index contributed by atoms with van der Waals surface area (Å²) in [6, 6.07) is 15.8. The van der Waals surface area contributed by atoms with E-state index in [0.29, 0.717) is 18.5 Å². The zero-order valence-electron chi connectivity index (χ0n) is 17.9. The second-order valence-corrected chi connectivity index (χ2v) is 8.05. The molecule has 0 unspecified atom stereocenters. The molecule has 1 atom stereocenters. The van der Waals surface area contributed by atoms with Crippen molar-refractivity contribution in [1.82, 2.24) is 9.47 Å². The summed E-state index contributed by atoms with van der Waals surface area (Å²) in [5.74, 6) is -0.426. The molecule has 1 fully saturated rings. The molecule has 30 heavy (non-hydrogen) atoms. The van der Waals surface area contributed by atoms with E-state index < -0.39 is 6.04 Å². The van der Waals surface area contributed by atoms with Crippen molar-refractivity contribution in [1.29, 1.82) is 0 Å². The Balaban J connectivity index is 1.69. The first-order valence-electron chi connectivity index (χ1n) is 10.5. The topological polar surface area (TPSA) is 51.5 Å². The number of hydrogen-bond acceptors (Lipinski definition) is 3. The molecule has 1 saturated heterocycles. The summed E-state index contributed by atoms with van der Waals surface area (Å²) in [5, 5.41) is 1.08. The highest BCUT2D eigenvalue weighted by molar-refractivity contribution is 6.01. The molecular formula is C25H28N2O3. The maximum atomic E-state index is 13.3. The van der Waals surface area contributed by atoms with E-state index in [1.165, 1.54) is 23.9 Å². The number of carbonyl (C=O) groups excluding carboxylic acids is 2. The average Bonchev–Trinajstić information content (AvgIpc) is 3.03. The lowest BCUT2D eigenvalue weighted by Crippen LogP contribution is -2.48. The Morgan fingerprint density at radius 1 is 1.07 bits per heavy atom. The van der Waals surface area contributed by atoms with Crippen LogP contribution in [0.25, 0.3) is 10.9 Å². The molecule has 1 aromatic heterocycles. The van der Waals surface area contributed by atoms with Crippen LogP contribution in [-0.4, -0.2) is 41.0 Å². The minimum absolute atomic E-state index is 0.0973. The first kappa shape index (κ1) is 20.2. The van der Waals surface area contributed by atoms with Crippen LogP contribution < -0.4 is 0 Å². The lowest BCUT2D eigenvalue weighted by Gasteiger charge is -2.33. The number of carbonyl (C=O) groups is 2. The van der Waals surface area contributed by atoms with Crippen LogP contribution in [0.2, 0.25) is 0 Å². The third kappa shape index (κ3) is 3.60. The zero-order valence-corrected chi connectivity index (χ0v) is 17.9. The Morgan fingerprint density at radius 3 is 2.57 bits per heavy atom. The normalized spacial score (nSPS) is 16.6. The number of amides is 1. The van der Waals surface area contributed by atoms with Gasteiger partial charge in [-0.3, -0.25) is 4.79 Å². The van der Waals surface area contributed by atoms with Crippen molar-refractivity contribution in [3.05, 3.63) is 70.9 Å². The first-order valence-corrected chi connectivity index (χ1v) is 10.5. The zero-order chi connectivity index (χ0) is 21.3. The van der Waals surface area contributed by atoms with E-state index in [1.807, 2.05) is 24.3 Å². The van der Waals surface area contributed by atoms with E-state index in [-0.39, 0.29) is 11.9 Å². The number of methoxy groups -OCH3 is 1. The van der Waals surface area contributed by atoms with Crippen molar-refractivity contribution in [3.63, 3.8) is 0 Å². The Kier molecular flexibility index (Phi) is 5.62. The molecule has 0 aliphatic carbocycles. The van der Waals surface area contributed by atoms with Crippen LogP contribution >= 0.6 is 0 Å². The highest BCUT2D eigenvalue weighted by Crippen LogP contribution is 2.29. The first-order chi connectivity index (χ1) is 14.5. The van der Waals surface area contributed by atoms with Gasteiger partial charge >= 0.3 is 5.97 Å². The minimum atomic E-state index is -0.488. The largest absolute Gasteiger partial charge is 0.467 e. The number of esters is 1. The summed E-state index contributed by atoms with van der Waals surface area (Å²) in [6.45, 7) is 5.60. The lowest BCUT2D eigenvalue weighted by atomic mass is 10.00. The summed E-state index contributed by atoms with van der Waals surface area (Å²) in [6.07, 6.45) is 2.50. The van der Waals surface area contributed by atoms with Crippen LogP contribution in [0.4, 0.5) is 0 Å². The van der Waals surface area contributed by atoms with Crippen LogP contribution in [0, 0.1) is 13.8 Å². The van der Waals surface area contributed by atoms with Crippen LogP contribution in [0.15, 0.2) is 48.5 Å². The molecule has 2 aromatic carbocycles. The van der Waals surface area contributed by atoms with E-state index in [1.54, 1.807) is 4.90 Å². The monoisotopic (exact) mass is 404 g/mol. The lowest BCUT2D eigenvalue weighted by molar-refractivity contribution is -0.147. The van der Waals surface area contributed by atoms with Crippen LogP contribution in [0.1, 0.15) is 46.4 Å². The molecule has 0 N–H and O–H groups in total. The SMILES string of the molecule is COC(=O)[C@@H]1CCCCN1C(=O)c1ccc2c(c1)c(C)c(C)n2Cc1ccccc1. The van der Waals surface area contributed by atoms with E-state index in [0.717, 1.165) is 30.3 Å². The van der Waals surface area contributed by atoms with Gasteiger partial charge in [0.25, 0.3) is 5.91 Å². The second kappa shape index (κ2) is 8.34. The fourth-order valence-electron chi connectivity index (χ4n) is 4.47. The predicted molar refractivity (Wildman–Crippen MR) is 118 cm³/mol. The van der Waals surface area contributed by atoms with Gasteiger partial charge in [0, 0.05) is 35.2 Å². The molecule has 0 spiro atoms. The molecule has 5 nitrogen and oxygen atoms in total. The van der Waals surface area contributed by atoms with Crippen LogP contribution in [0.5, 0.6) is 0 Å². The number of aromatic nitrogens is 1. The van der Waals surface area contributed by atoms with Crippen LogP contribution in [-0.2, 0) is 16.1 Å². The van der Waals surface area contributed by atoms with Gasteiger partial charge in [-0.15, -0.1) is 0 Å². The third-order valence-electron chi connectivity index (χ3n) is 6.31. The van der Waals surface area contributed by atoms with E-state index in [2.05, 4.69) is 42.7 Å². The number of hydrogen-bond donors (Lipinski definition) is 0. The van der Waals surface area contributed by atoms with Crippen molar-refractivity contribution >= 4 is 22.8 Å². The Morgan fingerprint density at radius 2 is 1.83 bits per heavy atom. The molecule has 0 bridgehead atoms. The van der Waals surface area contributed by atoms with Gasteiger partial charge in [-0.05, 0) is 62.4 Å². The standard InChI is InChI=1S/C25H28N2O3/c1-17-18(2)27(16-19-9-5-4-6-10-19)22-13-12-20(15-21(17)22)24(28)26-14-8-7-11-23(26)25(29)30-3/h4-6,9-10,12-13,15,23H,7-8,11,14,16H2,1-3H3/t23-/m0/s1. The second-order valence-electron chi connectivity index (χ2n) is 8.05. The molecule has 0 saturated carbocycles. The summed E-state index contributed by atoms with van der Waals surface area (Å²) in [5.41, 5.74) is 5.36. The third-order valence-corrected chi connectivity index (χ3v) is 6.31. The highest BCUT2D eigenvalue weighted by atomic mass is 16.5. The Hall–Kier alpha value is -3.08. The number of aryl methyl sites for hydroxylation is 1. The van der Waals surface area contributed by atoms with Crippen molar-refractivity contribution in [2.75, 3.05) is 13.7 Å². The summed E-state index contributed by atoms with van der Waals surface area (Å²) in [4.78, 5) is 27.1. The highest BCUT2D eigenvalue weighted by Gasteiger charge is 2.33. The molecule has 156 valence electrons. The maximum Gasteiger partial charge on any atom is 0.328 e. The van der Waals surface area contributed by atoms with Gasteiger partial charge in [-0.1, -0.05) is 30.3 Å². The summed E-state index contributed by atoms with van der Waals surface area (Å²) < 4.78 is 7.23. The smallest absolute Gasteiger partial charge is 0.328 e. The quantitative estimate of drug-likeness (QED) is 0.603. The number of nitrogens with zero attached hydrogens (tertiary/aromatic N) is 2. The maximum absolute atomic E-state index is 13.3. The molecule has 1 amide bonds. The molecular weight excluding hydrogens is 376 g/mol. The van der Waals surface area contributed by atoms with Gasteiger partial charge in [0.2, 0.25) is 0 Å². The fourth-order valence-corrected chi connectivity index (χ4v) is 4.47. The number of piperidine rings is 1. The molecule has 4 rings (SSSR count). The molecule has 1 aliphatic rings. The molecule has 1 aliphatic heterocycles. The summed E-state index contributed by atoms with van der Waals surface area (Å²) in [7, 11) is 1.38. The fraction of sp³-hybridized carbons (Fsp3) is 0.360. The van der Waals surface area contributed by atoms with Crippen molar-refractivity contribution in [2.24, 2.45) is 0 Å². The Bertz CT molecular complexity index is 1080. The number of fused-ring (bicyclic) bond motifs is 1. The number of likely N-dealkylation sites (tertiary alicyclic amines) is 1. The van der Waals surface area contributed by atoms with Gasteiger partial charge < -0.3 is 14.2 Å². The van der Waals surface area contributed by atoms with Crippen molar-refractivity contribution in [3.8, 4) is 0 Å². The minimum Gasteiger partial charge on any atom is -0.467 e.